The zero-order valence-corrected chi connectivity index (χ0v) is 16.8. The molecule has 0 atom stereocenters. The molecule has 0 radical (unpaired) electrons. The van der Waals surface area contributed by atoms with Gasteiger partial charge in [0.15, 0.2) is 5.88 Å². The van der Waals surface area contributed by atoms with Gasteiger partial charge in [0.25, 0.3) is 5.91 Å². The molecule has 0 aliphatic carbocycles. The molecule has 0 spiro atoms. The van der Waals surface area contributed by atoms with Gasteiger partial charge >= 0.3 is 0 Å². The molecule has 0 unspecified atom stereocenters. The highest BCUT2D eigenvalue weighted by molar-refractivity contribution is 6.09. The number of nitrogens with zero attached hydrogens (tertiary/aromatic N) is 3. The Morgan fingerprint density at radius 2 is 2.07 bits per heavy atom. The van der Waals surface area contributed by atoms with Crippen LogP contribution in [0.25, 0.3) is 5.57 Å². The third-order valence-electron chi connectivity index (χ3n) is 3.99. The van der Waals surface area contributed by atoms with Crippen molar-refractivity contribution in [3.05, 3.63) is 53.7 Å². The second-order valence-electron chi connectivity index (χ2n) is 6.46. The maximum Gasteiger partial charge on any atom is 0.252 e. The van der Waals surface area contributed by atoms with Gasteiger partial charge in [0.2, 0.25) is 5.88 Å². The van der Waals surface area contributed by atoms with Crippen LogP contribution in [-0.2, 0) is 0 Å². The highest BCUT2D eigenvalue weighted by atomic mass is 16.5. The van der Waals surface area contributed by atoms with E-state index in [2.05, 4.69) is 25.5 Å². The summed E-state index contributed by atoms with van der Waals surface area (Å²) in [5, 5.41) is 23.6. The van der Waals surface area contributed by atoms with Crippen LogP contribution < -0.4 is 15.4 Å². The Balaban J connectivity index is 2.04. The van der Waals surface area contributed by atoms with Crippen molar-refractivity contribution in [1.29, 1.82) is 5.41 Å². The first-order chi connectivity index (χ1) is 13.9. The molecule has 0 saturated heterocycles. The van der Waals surface area contributed by atoms with E-state index >= 15 is 0 Å². The van der Waals surface area contributed by atoms with Gasteiger partial charge in [-0.1, -0.05) is 0 Å². The van der Waals surface area contributed by atoms with Gasteiger partial charge in [-0.15, -0.1) is 0 Å². The molecule has 2 aromatic heterocycles. The summed E-state index contributed by atoms with van der Waals surface area (Å²) in [6.45, 7) is 1.48. The number of aromatic nitrogens is 2. The summed E-state index contributed by atoms with van der Waals surface area (Å²) in [5.41, 5.74) is 1.23. The van der Waals surface area contributed by atoms with Crippen molar-refractivity contribution in [1.82, 2.24) is 20.2 Å². The molecule has 0 saturated carbocycles. The first kappa shape index (κ1) is 21.8. The van der Waals surface area contributed by atoms with Crippen molar-refractivity contribution in [3.63, 3.8) is 0 Å². The topological polar surface area (TPSA) is 123 Å². The lowest BCUT2D eigenvalue weighted by atomic mass is 10.1. The van der Waals surface area contributed by atoms with E-state index in [0.29, 0.717) is 29.4 Å². The fraction of sp³-hybridized carbons (Fsp3) is 0.300. The summed E-state index contributed by atoms with van der Waals surface area (Å²) in [6.07, 6.45) is 4.83. The number of rotatable bonds is 10. The number of anilines is 1. The largest absolute Gasteiger partial charge is 0.494 e. The van der Waals surface area contributed by atoms with E-state index in [1.54, 1.807) is 24.3 Å². The Kier molecular flexibility index (Phi) is 8.11. The number of ether oxygens (including phenoxy) is 1. The highest BCUT2D eigenvalue weighted by Crippen LogP contribution is 2.20. The van der Waals surface area contributed by atoms with Gasteiger partial charge < -0.3 is 30.8 Å². The summed E-state index contributed by atoms with van der Waals surface area (Å²) in [6, 6.07) is 6.45. The smallest absolute Gasteiger partial charge is 0.252 e. The highest BCUT2D eigenvalue weighted by Gasteiger charge is 2.10. The number of methoxy groups -OCH3 is 1. The standard InChI is InChI=1S/C20H26N6O3/c1-26(2)10-4-8-23-19(27)15-5-6-17(24-13-15)25-20(28)16(12-21)14-7-9-22-18(11-14)29-3/h5-7,9,11-13,21,28H,4,8,10H2,1-3H3,(H,23,27)(H,24,25)/b20-16-,21-12?. The number of hydrogen-bond acceptors (Lipinski definition) is 8. The lowest BCUT2D eigenvalue weighted by Gasteiger charge is -2.11. The van der Waals surface area contributed by atoms with Crippen LogP contribution in [-0.4, -0.2) is 66.4 Å². The number of hydrogen-bond donors (Lipinski definition) is 4. The third kappa shape index (κ3) is 6.58. The molecule has 2 rings (SSSR count). The van der Waals surface area contributed by atoms with Crippen LogP contribution in [0.15, 0.2) is 42.5 Å². The minimum absolute atomic E-state index is 0.202. The Morgan fingerprint density at radius 3 is 2.69 bits per heavy atom. The zero-order chi connectivity index (χ0) is 21.2. The summed E-state index contributed by atoms with van der Waals surface area (Å²) in [7, 11) is 5.45. The van der Waals surface area contributed by atoms with Crippen molar-refractivity contribution in [2.24, 2.45) is 0 Å². The zero-order valence-electron chi connectivity index (χ0n) is 16.8. The molecular formula is C20H26N6O3. The minimum atomic E-state index is -0.248. The molecule has 29 heavy (non-hydrogen) atoms. The van der Waals surface area contributed by atoms with E-state index in [0.717, 1.165) is 19.2 Å². The van der Waals surface area contributed by atoms with E-state index < -0.39 is 0 Å². The number of aliphatic hydroxyl groups excluding tert-OH is 1. The third-order valence-corrected chi connectivity index (χ3v) is 3.99. The fourth-order valence-corrected chi connectivity index (χ4v) is 2.47. The van der Waals surface area contributed by atoms with Crippen molar-refractivity contribution in [3.8, 4) is 5.88 Å². The van der Waals surface area contributed by atoms with E-state index in [4.69, 9.17) is 10.1 Å². The number of aliphatic hydroxyl groups is 1. The number of nitrogens with one attached hydrogen (secondary N) is 3. The maximum absolute atomic E-state index is 12.1. The molecule has 2 aromatic rings. The molecule has 154 valence electrons. The number of carbonyl (C=O) groups excluding carboxylic acids is 1. The average Bonchev–Trinajstić information content (AvgIpc) is 2.72. The number of carbonyl (C=O) groups is 1. The van der Waals surface area contributed by atoms with Crippen LogP contribution in [0.1, 0.15) is 22.3 Å². The molecule has 9 heteroatoms. The monoisotopic (exact) mass is 398 g/mol. The molecule has 4 N–H and O–H groups in total. The lowest BCUT2D eigenvalue weighted by Crippen LogP contribution is -2.27. The Bertz CT molecular complexity index is 865. The summed E-state index contributed by atoms with van der Waals surface area (Å²) < 4.78 is 5.07. The van der Waals surface area contributed by atoms with Gasteiger partial charge in [-0.25, -0.2) is 9.97 Å². The quantitative estimate of drug-likeness (QED) is 0.275. The number of pyridine rings is 2. The van der Waals surface area contributed by atoms with Crippen LogP contribution in [0.4, 0.5) is 5.82 Å². The summed E-state index contributed by atoms with van der Waals surface area (Å²) in [4.78, 5) is 22.3. The molecule has 9 nitrogen and oxygen atoms in total. The molecular weight excluding hydrogens is 372 g/mol. The molecule has 0 aliphatic rings. The van der Waals surface area contributed by atoms with Gasteiger partial charge in [0.1, 0.15) is 5.82 Å². The van der Waals surface area contributed by atoms with Crippen molar-refractivity contribution in [2.45, 2.75) is 6.42 Å². The van der Waals surface area contributed by atoms with Gasteiger partial charge in [0.05, 0.1) is 18.2 Å². The van der Waals surface area contributed by atoms with Crippen LogP contribution in [0, 0.1) is 5.41 Å². The average molecular weight is 398 g/mol. The van der Waals surface area contributed by atoms with E-state index in [1.807, 2.05) is 14.1 Å². The molecule has 0 fully saturated rings. The molecule has 0 bridgehead atoms. The second kappa shape index (κ2) is 10.8. The van der Waals surface area contributed by atoms with Crippen LogP contribution >= 0.6 is 0 Å². The summed E-state index contributed by atoms with van der Waals surface area (Å²) in [5.74, 6) is 0.258. The number of allylic oxidation sites excluding steroid dienone is 1. The first-order valence-corrected chi connectivity index (χ1v) is 9.04. The SMILES string of the molecule is COc1cc(/C(C=N)=C(\O)Nc2ccc(C(=O)NCCCN(C)C)cn2)ccn1. The predicted octanol–water partition coefficient (Wildman–Crippen LogP) is 2.15. The fourth-order valence-electron chi connectivity index (χ4n) is 2.47. The van der Waals surface area contributed by atoms with Gasteiger partial charge in [-0.2, -0.15) is 0 Å². The predicted molar refractivity (Wildman–Crippen MR) is 112 cm³/mol. The minimum Gasteiger partial charge on any atom is -0.494 e. The van der Waals surface area contributed by atoms with Crippen LogP contribution in [0.3, 0.4) is 0 Å². The van der Waals surface area contributed by atoms with Gasteiger partial charge in [-0.3, -0.25) is 4.79 Å². The van der Waals surface area contributed by atoms with E-state index in [9.17, 15) is 9.90 Å². The molecule has 2 heterocycles. The Morgan fingerprint density at radius 1 is 1.28 bits per heavy atom. The maximum atomic E-state index is 12.1. The van der Waals surface area contributed by atoms with Gasteiger partial charge in [0, 0.05) is 31.2 Å². The Hall–Kier alpha value is -3.46. The molecule has 0 aromatic carbocycles. The van der Waals surface area contributed by atoms with E-state index in [-0.39, 0.29) is 17.4 Å². The van der Waals surface area contributed by atoms with Crippen molar-refractivity contribution in [2.75, 3.05) is 39.6 Å². The van der Waals surface area contributed by atoms with Crippen molar-refractivity contribution < 1.29 is 14.6 Å². The molecule has 0 aliphatic heterocycles. The van der Waals surface area contributed by atoms with E-state index in [1.165, 1.54) is 19.5 Å². The van der Waals surface area contributed by atoms with Gasteiger partial charge in [-0.05, 0) is 50.8 Å². The van der Waals surface area contributed by atoms with Crippen LogP contribution in [0.5, 0.6) is 5.88 Å². The summed E-state index contributed by atoms with van der Waals surface area (Å²) >= 11 is 0. The molecule has 1 amide bonds. The van der Waals surface area contributed by atoms with Crippen molar-refractivity contribution >= 4 is 23.5 Å². The number of amides is 1. The first-order valence-electron chi connectivity index (χ1n) is 9.04. The Labute approximate surface area is 170 Å². The lowest BCUT2D eigenvalue weighted by molar-refractivity contribution is 0.0952. The normalized spacial score (nSPS) is 11.6. The second-order valence-corrected chi connectivity index (χ2v) is 6.46. The van der Waals surface area contributed by atoms with Crippen LogP contribution in [0.2, 0.25) is 0 Å².